The minimum absolute atomic E-state index is 0.103. The number of rotatable bonds is 7. The average molecular weight is 510 g/mol. The highest BCUT2D eigenvalue weighted by Crippen LogP contribution is 2.28. The van der Waals surface area contributed by atoms with Crippen molar-refractivity contribution < 1.29 is 14.3 Å². The minimum Gasteiger partial charge on any atom is -0.497 e. The van der Waals surface area contributed by atoms with Crippen LogP contribution in [0.4, 0.5) is 5.82 Å². The molecule has 4 aromatic rings. The molecule has 3 heterocycles. The van der Waals surface area contributed by atoms with E-state index in [1.807, 2.05) is 49.5 Å². The number of pyridine rings is 1. The summed E-state index contributed by atoms with van der Waals surface area (Å²) in [5, 5.41) is 6.79. The monoisotopic (exact) mass is 509 g/mol. The Balaban J connectivity index is 1.46. The van der Waals surface area contributed by atoms with Crippen molar-refractivity contribution in [2.75, 3.05) is 26.0 Å². The van der Waals surface area contributed by atoms with E-state index in [0.29, 0.717) is 25.3 Å². The molecule has 5 rings (SSSR count). The van der Waals surface area contributed by atoms with E-state index >= 15 is 0 Å². The van der Waals surface area contributed by atoms with Crippen molar-refractivity contribution in [2.24, 2.45) is 7.05 Å². The van der Waals surface area contributed by atoms with E-state index in [1.165, 1.54) is 0 Å². The van der Waals surface area contributed by atoms with Gasteiger partial charge in [0, 0.05) is 62.7 Å². The number of fused-ring (bicyclic) bond motifs is 2. The van der Waals surface area contributed by atoms with Crippen LogP contribution in [0.1, 0.15) is 22.4 Å². The molecule has 8 heteroatoms. The molecule has 2 amide bonds. The van der Waals surface area contributed by atoms with Gasteiger partial charge in [-0.2, -0.15) is 0 Å². The summed E-state index contributed by atoms with van der Waals surface area (Å²) in [6.45, 7) is 1.41. The third kappa shape index (κ3) is 5.45. The third-order valence-electron chi connectivity index (χ3n) is 6.90. The molecule has 0 radical (unpaired) electrons. The van der Waals surface area contributed by atoms with Crippen molar-refractivity contribution >= 4 is 34.1 Å². The maximum Gasteiger partial charge on any atom is 0.244 e. The van der Waals surface area contributed by atoms with Gasteiger partial charge < -0.3 is 19.9 Å². The summed E-state index contributed by atoms with van der Waals surface area (Å²) in [6.07, 6.45) is 3.92. The minimum atomic E-state index is -0.178. The molecule has 194 valence electrons. The van der Waals surface area contributed by atoms with Crippen LogP contribution in [0.25, 0.3) is 16.5 Å². The number of ether oxygens (including phenoxy) is 1. The molecule has 1 aliphatic heterocycles. The molecule has 38 heavy (non-hydrogen) atoms. The number of anilines is 1. The summed E-state index contributed by atoms with van der Waals surface area (Å²) >= 11 is 0. The quantitative estimate of drug-likeness (QED) is 0.369. The first-order chi connectivity index (χ1) is 18.4. The molecular formula is C30H31N5O3. The van der Waals surface area contributed by atoms with Crippen molar-refractivity contribution in [1.29, 1.82) is 0 Å². The summed E-state index contributed by atoms with van der Waals surface area (Å²) in [7, 11) is 5.30. The predicted octanol–water partition coefficient (Wildman–Crippen LogP) is 3.91. The van der Waals surface area contributed by atoms with Crippen molar-refractivity contribution in [3.8, 4) is 5.75 Å². The lowest BCUT2D eigenvalue weighted by atomic mass is 10.00. The maximum atomic E-state index is 12.6. The molecule has 0 spiro atoms. The van der Waals surface area contributed by atoms with Gasteiger partial charge in [-0.25, -0.2) is 4.98 Å². The van der Waals surface area contributed by atoms with Crippen LogP contribution in [0.3, 0.4) is 0 Å². The van der Waals surface area contributed by atoms with Crippen LogP contribution in [-0.2, 0) is 36.1 Å². The number of amides is 2. The van der Waals surface area contributed by atoms with Gasteiger partial charge >= 0.3 is 0 Å². The number of para-hydroxylation sites is 1. The summed E-state index contributed by atoms with van der Waals surface area (Å²) in [5.74, 6) is 1.07. The highest BCUT2D eigenvalue weighted by Gasteiger charge is 2.22. The first-order valence-corrected chi connectivity index (χ1v) is 12.5. The van der Waals surface area contributed by atoms with E-state index in [2.05, 4.69) is 43.3 Å². The van der Waals surface area contributed by atoms with Crippen LogP contribution in [0, 0.1) is 0 Å². The Labute approximate surface area is 221 Å². The number of likely N-dealkylation sites (N-methyl/N-ethyl adjacent to an activating group) is 1. The highest BCUT2D eigenvalue weighted by molar-refractivity contribution is 5.96. The topological polar surface area (TPSA) is 88.5 Å². The summed E-state index contributed by atoms with van der Waals surface area (Å²) in [4.78, 5) is 31.8. The maximum absolute atomic E-state index is 12.6. The fourth-order valence-electron chi connectivity index (χ4n) is 4.87. The van der Waals surface area contributed by atoms with E-state index < -0.39 is 0 Å². The van der Waals surface area contributed by atoms with Crippen LogP contribution in [0.2, 0.25) is 0 Å². The Morgan fingerprint density at radius 3 is 2.66 bits per heavy atom. The van der Waals surface area contributed by atoms with E-state index in [4.69, 9.17) is 4.74 Å². The van der Waals surface area contributed by atoms with Gasteiger partial charge in [0.1, 0.15) is 11.6 Å². The molecule has 0 saturated carbocycles. The van der Waals surface area contributed by atoms with Crippen molar-refractivity contribution in [3.05, 3.63) is 95.3 Å². The molecule has 0 saturated heterocycles. The van der Waals surface area contributed by atoms with E-state index in [9.17, 15) is 9.59 Å². The van der Waals surface area contributed by atoms with Gasteiger partial charge in [-0.15, -0.1) is 0 Å². The van der Waals surface area contributed by atoms with E-state index in [-0.39, 0.29) is 18.4 Å². The zero-order chi connectivity index (χ0) is 26.6. The van der Waals surface area contributed by atoms with Crippen molar-refractivity contribution in [1.82, 2.24) is 19.8 Å². The average Bonchev–Trinajstić information content (AvgIpc) is 3.14. The standard InChI is InChI=1S/C30H31N5O3/c1-31-28(36)15-22(14-25-13-21-6-4-5-7-27(21)34(25)2)23-12-24-18-35(19-29(37)33-30(24)32-16-23)17-20-8-10-26(38-3)11-9-20/h4-13,15-16H,14,17-19H2,1-3H3,(H,31,36)(H,32,33,37). The number of carbonyl (C=O) groups excluding carboxylic acids is 2. The third-order valence-corrected chi connectivity index (χ3v) is 6.90. The molecule has 2 aromatic carbocycles. The van der Waals surface area contributed by atoms with Crippen LogP contribution < -0.4 is 15.4 Å². The number of nitrogens with one attached hydrogen (secondary N) is 2. The molecule has 0 fully saturated rings. The lowest BCUT2D eigenvalue weighted by Gasteiger charge is -2.19. The summed E-state index contributed by atoms with van der Waals surface area (Å²) in [6, 6.07) is 20.3. The van der Waals surface area contributed by atoms with Crippen LogP contribution in [0.15, 0.2) is 72.9 Å². The molecular weight excluding hydrogens is 478 g/mol. The molecule has 0 bridgehead atoms. The molecule has 8 nitrogen and oxygen atoms in total. The van der Waals surface area contributed by atoms with Crippen LogP contribution in [-0.4, -0.2) is 47.0 Å². The highest BCUT2D eigenvalue weighted by atomic mass is 16.5. The molecule has 0 unspecified atom stereocenters. The van der Waals surface area contributed by atoms with Gasteiger partial charge in [0.05, 0.1) is 13.7 Å². The Hall–Kier alpha value is -4.43. The lowest BCUT2D eigenvalue weighted by molar-refractivity contribution is -0.117. The number of hydrogen-bond acceptors (Lipinski definition) is 5. The number of aromatic nitrogens is 2. The Morgan fingerprint density at radius 2 is 1.92 bits per heavy atom. The van der Waals surface area contributed by atoms with Crippen LogP contribution >= 0.6 is 0 Å². The Kier molecular flexibility index (Phi) is 7.24. The lowest BCUT2D eigenvalue weighted by Crippen LogP contribution is -2.29. The van der Waals surface area contributed by atoms with Crippen LogP contribution in [0.5, 0.6) is 5.75 Å². The van der Waals surface area contributed by atoms with Crippen molar-refractivity contribution in [3.63, 3.8) is 0 Å². The number of nitrogens with zero attached hydrogens (tertiary/aromatic N) is 3. The van der Waals surface area contributed by atoms with E-state index in [0.717, 1.165) is 44.6 Å². The molecule has 1 aliphatic rings. The zero-order valence-electron chi connectivity index (χ0n) is 21.8. The number of carbonyl (C=O) groups is 2. The SMILES string of the molecule is CNC(=O)C=C(Cc1cc2ccccc2n1C)c1cnc2c(c1)CN(Cc1ccc(OC)cc1)CC(=O)N2. The predicted molar refractivity (Wildman–Crippen MR) is 149 cm³/mol. The second-order valence-electron chi connectivity index (χ2n) is 9.49. The Morgan fingerprint density at radius 1 is 1.13 bits per heavy atom. The first-order valence-electron chi connectivity index (χ1n) is 12.5. The zero-order valence-corrected chi connectivity index (χ0v) is 21.8. The number of aryl methyl sites for hydroxylation is 1. The molecule has 2 aromatic heterocycles. The summed E-state index contributed by atoms with van der Waals surface area (Å²) < 4.78 is 7.41. The largest absolute Gasteiger partial charge is 0.497 e. The van der Waals surface area contributed by atoms with Gasteiger partial charge in [0.2, 0.25) is 11.8 Å². The second kappa shape index (κ2) is 10.9. The fourth-order valence-corrected chi connectivity index (χ4v) is 4.87. The second-order valence-corrected chi connectivity index (χ2v) is 9.49. The van der Waals surface area contributed by atoms with Gasteiger partial charge in [0.15, 0.2) is 0 Å². The van der Waals surface area contributed by atoms with Crippen molar-refractivity contribution in [2.45, 2.75) is 19.5 Å². The Bertz CT molecular complexity index is 1520. The molecule has 0 aliphatic carbocycles. The number of allylic oxidation sites excluding steroid dienone is 1. The van der Waals surface area contributed by atoms with Gasteiger partial charge in [-0.05, 0) is 52.4 Å². The van der Waals surface area contributed by atoms with Gasteiger partial charge in [-0.1, -0.05) is 30.3 Å². The smallest absolute Gasteiger partial charge is 0.244 e. The van der Waals surface area contributed by atoms with E-state index in [1.54, 1.807) is 26.4 Å². The van der Waals surface area contributed by atoms with Gasteiger partial charge in [-0.3, -0.25) is 14.5 Å². The summed E-state index contributed by atoms with van der Waals surface area (Å²) in [5.41, 5.74) is 5.91. The first kappa shape index (κ1) is 25.2. The molecule has 2 N–H and O–H groups in total. The fraction of sp³-hybridized carbons (Fsp3) is 0.233. The normalized spacial score (nSPS) is 14.1. The van der Waals surface area contributed by atoms with Gasteiger partial charge in [0.25, 0.3) is 0 Å². The number of methoxy groups -OCH3 is 1. The molecule has 0 atom stereocenters. The number of hydrogen-bond donors (Lipinski definition) is 2. The number of benzene rings is 2.